The highest BCUT2D eigenvalue weighted by molar-refractivity contribution is 5.74. The zero-order valence-electron chi connectivity index (χ0n) is 8.24. The quantitative estimate of drug-likeness (QED) is 0.355. The lowest BCUT2D eigenvalue weighted by Crippen LogP contribution is -2.25. The maximum Gasteiger partial charge on any atom is 0.239 e. The Balaban J connectivity index is 4.03. The van der Waals surface area contributed by atoms with Gasteiger partial charge < -0.3 is 4.90 Å². The van der Waals surface area contributed by atoms with Crippen molar-refractivity contribution in [2.24, 2.45) is 5.10 Å². The molecular weight excluding hydrogens is 154 g/mol. The lowest BCUT2D eigenvalue weighted by atomic mass is 10.4. The van der Waals surface area contributed by atoms with Crippen molar-refractivity contribution in [1.29, 1.82) is 0 Å². The van der Waals surface area contributed by atoms with E-state index in [2.05, 4.69) is 5.10 Å². The van der Waals surface area contributed by atoms with Crippen LogP contribution in [0.15, 0.2) is 5.10 Å². The summed E-state index contributed by atoms with van der Waals surface area (Å²) in [5.74, 6) is -0.0186. The molecule has 1 amide bonds. The molecule has 0 N–H and O–H groups in total. The summed E-state index contributed by atoms with van der Waals surface area (Å²) >= 11 is 0. The third-order valence-corrected chi connectivity index (χ3v) is 1.22. The Kier molecular flexibility index (Phi) is 5.08. The van der Waals surface area contributed by atoms with Crippen molar-refractivity contribution < 1.29 is 4.79 Å². The molecule has 0 aromatic rings. The number of hydrazone groups is 1. The number of hydrogen-bond acceptors (Lipinski definition) is 2. The number of hydrogen-bond donors (Lipinski definition) is 0. The van der Waals surface area contributed by atoms with Crippen LogP contribution in [0.5, 0.6) is 0 Å². The SMILES string of the molecule is CCCN(/N=C/N(C)C)C(C)=O. The minimum absolute atomic E-state index is 0.0186. The Morgan fingerprint density at radius 3 is 2.42 bits per heavy atom. The average Bonchev–Trinajstić information content (AvgIpc) is 1.96. The average molecular weight is 171 g/mol. The fraction of sp³-hybridized carbons (Fsp3) is 0.750. The largest absolute Gasteiger partial charge is 0.367 e. The molecule has 0 rings (SSSR count). The molecule has 0 saturated heterocycles. The maximum atomic E-state index is 10.9. The lowest BCUT2D eigenvalue weighted by molar-refractivity contribution is -0.128. The van der Waals surface area contributed by atoms with Crippen LogP contribution in [0.2, 0.25) is 0 Å². The second-order valence-corrected chi connectivity index (χ2v) is 2.84. The summed E-state index contributed by atoms with van der Waals surface area (Å²) in [7, 11) is 3.74. The smallest absolute Gasteiger partial charge is 0.239 e. The van der Waals surface area contributed by atoms with Gasteiger partial charge in [-0.1, -0.05) is 6.92 Å². The van der Waals surface area contributed by atoms with E-state index < -0.39 is 0 Å². The highest BCUT2D eigenvalue weighted by Gasteiger charge is 2.03. The zero-order valence-corrected chi connectivity index (χ0v) is 8.24. The first-order valence-electron chi connectivity index (χ1n) is 4.06. The molecule has 0 heterocycles. The number of amides is 1. The zero-order chi connectivity index (χ0) is 9.56. The third kappa shape index (κ3) is 4.71. The normalized spacial score (nSPS) is 10.3. The summed E-state index contributed by atoms with van der Waals surface area (Å²) < 4.78 is 0. The van der Waals surface area contributed by atoms with Crippen molar-refractivity contribution in [3.05, 3.63) is 0 Å². The monoisotopic (exact) mass is 171 g/mol. The Bertz CT molecular complexity index is 166. The number of carbonyl (C=O) groups excluding carboxylic acids is 1. The molecule has 0 aromatic carbocycles. The molecule has 0 atom stereocenters. The van der Waals surface area contributed by atoms with Gasteiger partial charge in [0.1, 0.15) is 6.34 Å². The summed E-state index contributed by atoms with van der Waals surface area (Å²) in [4.78, 5) is 12.7. The van der Waals surface area contributed by atoms with Crippen LogP contribution in [0.25, 0.3) is 0 Å². The van der Waals surface area contributed by atoms with Crippen LogP contribution in [-0.2, 0) is 4.79 Å². The molecule has 0 aromatic heterocycles. The molecule has 0 unspecified atom stereocenters. The van der Waals surface area contributed by atoms with Crippen LogP contribution in [0.4, 0.5) is 0 Å². The Hall–Kier alpha value is -1.06. The highest BCUT2D eigenvalue weighted by atomic mass is 16.2. The predicted octanol–water partition coefficient (Wildman–Crippen LogP) is 0.750. The van der Waals surface area contributed by atoms with Gasteiger partial charge in [0.15, 0.2) is 0 Å². The van der Waals surface area contributed by atoms with Gasteiger partial charge in [-0.2, -0.15) is 5.10 Å². The molecule has 0 aliphatic rings. The molecule has 0 saturated carbocycles. The van der Waals surface area contributed by atoms with Crippen LogP contribution >= 0.6 is 0 Å². The van der Waals surface area contributed by atoms with E-state index in [0.717, 1.165) is 6.42 Å². The second-order valence-electron chi connectivity index (χ2n) is 2.84. The van der Waals surface area contributed by atoms with Crippen molar-refractivity contribution in [1.82, 2.24) is 9.91 Å². The van der Waals surface area contributed by atoms with Crippen LogP contribution in [0.3, 0.4) is 0 Å². The van der Waals surface area contributed by atoms with Gasteiger partial charge >= 0.3 is 0 Å². The Morgan fingerprint density at radius 1 is 1.50 bits per heavy atom. The van der Waals surface area contributed by atoms with Crippen molar-refractivity contribution in [3.8, 4) is 0 Å². The van der Waals surface area contributed by atoms with E-state index in [0.29, 0.717) is 6.54 Å². The number of carbonyl (C=O) groups is 1. The van der Waals surface area contributed by atoms with Crippen LogP contribution in [-0.4, -0.2) is 42.8 Å². The second kappa shape index (κ2) is 5.57. The first-order chi connectivity index (χ1) is 5.57. The minimum Gasteiger partial charge on any atom is -0.367 e. The van der Waals surface area contributed by atoms with E-state index in [1.165, 1.54) is 11.9 Å². The standard InChI is InChI=1S/C8H17N3O/c1-5-6-11(8(2)12)9-7-10(3)4/h7H,5-6H2,1-4H3/b9-7+. The molecular formula is C8H17N3O. The van der Waals surface area contributed by atoms with Crippen molar-refractivity contribution in [2.45, 2.75) is 20.3 Å². The Morgan fingerprint density at radius 2 is 2.08 bits per heavy atom. The predicted molar refractivity (Wildman–Crippen MR) is 49.9 cm³/mol. The molecule has 70 valence electrons. The van der Waals surface area contributed by atoms with E-state index in [1.54, 1.807) is 11.2 Å². The van der Waals surface area contributed by atoms with Crippen LogP contribution in [0.1, 0.15) is 20.3 Å². The van der Waals surface area contributed by atoms with Crippen molar-refractivity contribution in [2.75, 3.05) is 20.6 Å². The van der Waals surface area contributed by atoms with Crippen molar-refractivity contribution >= 4 is 12.2 Å². The van der Waals surface area contributed by atoms with Gasteiger partial charge in [0.05, 0.1) is 0 Å². The number of nitrogens with zero attached hydrogens (tertiary/aromatic N) is 3. The molecule has 4 heteroatoms. The summed E-state index contributed by atoms with van der Waals surface area (Å²) in [6.45, 7) is 4.21. The van der Waals surface area contributed by atoms with E-state index >= 15 is 0 Å². The summed E-state index contributed by atoms with van der Waals surface area (Å²) in [6.07, 6.45) is 2.54. The van der Waals surface area contributed by atoms with Gasteiger partial charge in [-0.15, -0.1) is 0 Å². The van der Waals surface area contributed by atoms with Crippen molar-refractivity contribution in [3.63, 3.8) is 0 Å². The van der Waals surface area contributed by atoms with E-state index in [9.17, 15) is 4.79 Å². The Labute approximate surface area is 73.8 Å². The highest BCUT2D eigenvalue weighted by Crippen LogP contribution is 1.92. The molecule has 0 spiro atoms. The van der Waals surface area contributed by atoms with Crippen LogP contribution in [0, 0.1) is 0 Å². The summed E-state index contributed by atoms with van der Waals surface area (Å²) in [5.41, 5.74) is 0. The number of rotatable bonds is 4. The van der Waals surface area contributed by atoms with Gasteiger partial charge in [-0.05, 0) is 6.42 Å². The van der Waals surface area contributed by atoms with Gasteiger partial charge in [-0.3, -0.25) is 4.79 Å². The summed E-state index contributed by atoms with van der Waals surface area (Å²) in [6, 6.07) is 0. The molecule has 0 radical (unpaired) electrons. The van der Waals surface area contributed by atoms with E-state index in [1.807, 2.05) is 21.0 Å². The third-order valence-electron chi connectivity index (χ3n) is 1.22. The lowest BCUT2D eigenvalue weighted by Gasteiger charge is -2.14. The first kappa shape index (κ1) is 10.9. The van der Waals surface area contributed by atoms with Gasteiger partial charge in [-0.25, -0.2) is 5.01 Å². The topological polar surface area (TPSA) is 35.9 Å². The summed E-state index contributed by atoms with van der Waals surface area (Å²) in [5, 5.41) is 5.46. The van der Waals surface area contributed by atoms with Gasteiger partial charge in [0, 0.05) is 27.6 Å². The first-order valence-corrected chi connectivity index (χ1v) is 4.06. The van der Waals surface area contributed by atoms with E-state index in [-0.39, 0.29) is 5.91 Å². The molecule has 12 heavy (non-hydrogen) atoms. The van der Waals surface area contributed by atoms with Crippen LogP contribution < -0.4 is 0 Å². The van der Waals surface area contributed by atoms with Gasteiger partial charge in [0.25, 0.3) is 0 Å². The molecule has 4 nitrogen and oxygen atoms in total. The van der Waals surface area contributed by atoms with Gasteiger partial charge in [0.2, 0.25) is 5.91 Å². The molecule has 0 aliphatic heterocycles. The van der Waals surface area contributed by atoms with E-state index in [4.69, 9.17) is 0 Å². The molecule has 0 bridgehead atoms. The molecule has 0 aliphatic carbocycles. The minimum atomic E-state index is -0.0186. The fourth-order valence-corrected chi connectivity index (χ4v) is 0.674. The maximum absolute atomic E-state index is 10.9. The fourth-order valence-electron chi connectivity index (χ4n) is 0.674. The molecule has 0 fully saturated rings.